The second-order valence-corrected chi connectivity index (χ2v) is 8.76. The second-order valence-electron chi connectivity index (χ2n) is 8.76. The van der Waals surface area contributed by atoms with E-state index in [1.165, 1.54) is 0 Å². The first-order valence-electron chi connectivity index (χ1n) is 11.7. The molecule has 0 saturated heterocycles. The van der Waals surface area contributed by atoms with E-state index in [1.54, 1.807) is 13.8 Å². The maximum Gasteiger partial charge on any atom is 0.351 e. The zero-order valence-electron chi connectivity index (χ0n) is 19.0. The van der Waals surface area contributed by atoms with Gasteiger partial charge in [0.2, 0.25) is 0 Å². The van der Waals surface area contributed by atoms with E-state index in [9.17, 15) is 9.59 Å². The van der Waals surface area contributed by atoms with Gasteiger partial charge in [0.25, 0.3) is 5.60 Å². The highest BCUT2D eigenvalue weighted by atomic mass is 16.6. The molecule has 2 aliphatic heterocycles. The minimum absolute atomic E-state index is 0.135. The number of fused-ring (bicyclic) bond motifs is 3. The van der Waals surface area contributed by atoms with Crippen LogP contribution < -0.4 is 0 Å². The number of carbonyl (C=O) groups is 2. The van der Waals surface area contributed by atoms with Gasteiger partial charge >= 0.3 is 11.9 Å². The average Bonchev–Trinajstić information content (AvgIpc) is 2.86. The Bertz CT molecular complexity index is 1370. The molecule has 2 heterocycles. The molecule has 4 aromatic rings. The molecular weight excluding hydrogens is 428 g/mol. The van der Waals surface area contributed by atoms with Crippen molar-refractivity contribution in [2.75, 3.05) is 13.2 Å². The lowest BCUT2D eigenvalue weighted by molar-refractivity contribution is -0.204. The summed E-state index contributed by atoms with van der Waals surface area (Å²) in [4.78, 5) is 27.0. The van der Waals surface area contributed by atoms with Gasteiger partial charge in [0.05, 0.1) is 19.1 Å². The number of carbonyl (C=O) groups excluding carboxylic acids is 2. The third-order valence-corrected chi connectivity index (χ3v) is 6.96. The van der Waals surface area contributed by atoms with Gasteiger partial charge in [-0.3, -0.25) is 0 Å². The van der Waals surface area contributed by atoms with Crippen molar-refractivity contribution in [1.82, 2.24) is 0 Å². The van der Waals surface area contributed by atoms with Gasteiger partial charge in [0.1, 0.15) is 6.10 Å². The molecule has 0 amide bonds. The summed E-state index contributed by atoms with van der Waals surface area (Å²) in [6.45, 7) is 3.72. The molecule has 34 heavy (non-hydrogen) atoms. The highest BCUT2D eigenvalue weighted by Crippen LogP contribution is 2.58. The summed E-state index contributed by atoms with van der Waals surface area (Å²) in [6.07, 6.45) is -0.599. The lowest BCUT2D eigenvalue weighted by atomic mass is 9.64. The Balaban J connectivity index is 1.69. The van der Waals surface area contributed by atoms with Crippen LogP contribution in [-0.2, 0) is 23.8 Å². The largest absolute Gasteiger partial charge is 0.463 e. The van der Waals surface area contributed by atoms with Gasteiger partial charge in [-0.1, -0.05) is 60.7 Å². The SMILES string of the molecule is CCOC(=O)C1(C(=O)OCC)OC2c3cc4ccccc4cc3C1c1cc3ccccc3cc12. The molecule has 0 unspecified atom stereocenters. The van der Waals surface area contributed by atoms with Gasteiger partial charge < -0.3 is 14.2 Å². The number of rotatable bonds is 4. The molecule has 0 fully saturated rings. The summed E-state index contributed by atoms with van der Waals surface area (Å²) in [5, 5.41) is 4.24. The van der Waals surface area contributed by atoms with Crippen LogP contribution in [0.3, 0.4) is 0 Å². The molecule has 1 aliphatic carbocycles. The number of hydrogen-bond acceptors (Lipinski definition) is 5. The molecule has 0 saturated carbocycles. The van der Waals surface area contributed by atoms with Crippen LogP contribution in [0.2, 0.25) is 0 Å². The van der Waals surface area contributed by atoms with Gasteiger partial charge in [-0.05, 0) is 69.8 Å². The second kappa shape index (κ2) is 7.67. The molecule has 0 N–H and O–H groups in total. The van der Waals surface area contributed by atoms with Crippen LogP contribution in [0.4, 0.5) is 0 Å². The standard InChI is InChI=1S/C29H24O5/c1-3-32-27(30)29(28(31)33-4-2)25-21-13-17-9-5-7-11-19(17)15-23(21)26(34-29)24-16-20-12-8-6-10-18(20)14-22(24)25/h5-16,25-26H,3-4H2,1-2H3. The van der Waals surface area contributed by atoms with Crippen LogP contribution >= 0.6 is 0 Å². The molecule has 170 valence electrons. The van der Waals surface area contributed by atoms with Gasteiger partial charge in [0, 0.05) is 0 Å². The normalized spacial score (nSPS) is 19.5. The molecule has 0 spiro atoms. The quantitative estimate of drug-likeness (QED) is 0.306. The Morgan fingerprint density at radius 3 is 1.47 bits per heavy atom. The van der Waals surface area contributed by atoms with Crippen molar-refractivity contribution >= 4 is 33.5 Å². The van der Waals surface area contributed by atoms with E-state index in [-0.39, 0.29) is 13.2 Å². The molecule has 3 aliphatic rings. The van der Waals surface area contributed by atoms with Gasteiger partial charge in [-0.25, -0.2) is 9.59 Å². The highest BCUT2D eigenvalue weighted by molar-refractivity contribution is 6.07. The first kappa shape index (κ1) is 20.9. The molecule has 7 rings (SSSR count). The van der Waals surface area contributed by atoms with Crippen LogP contribution in [-0.4, -0.2) is 30.8 Å². The summed E-state index contributed by atoms with van der Waals surface area (Å²) in [7, 11) is 0. The average molecular weight is 453 g/mol. The summed E-state index contributed by atoms with van der Waals surface area (Å²) in [5.74, 6) is -2.10. The van der Waals surface area contributed by atoms with E-state index in [0.29, 0.717) is 0 Å². The summed E-state index contributed by atoms with van der Waals surface area (Å²) < 4.78 is 17.4. The molecule has 0 radical (unpaired) electrons. The minimum atomic E-state index is -1.90. The maximum absolute atomic E-state index is 13.5. The molecule has 0 aromatic heterocycles. The van der Waals surface area contributed by atoms with E-state index < -0.39 is 29.6 Å². The predicted octanol–water partition coefficient (Wildman–Crippen LogP) is 5.42. The third kappa shape index (κ3) is 2.77. The summed E-state index contributed by atoms with van der Waals surface area (Å²) >= 11 is 0. The predicted molar refractivity (Wildman–Crippen MR) is 129 cm³/mol. The zero-order valence-corrected chi connectivity index (χ0v) is 19.0. The number of esters is 2. The van der Waals surface area contributed by atoms with Crippen LogP contribution in [0.5, 0.6) is 0 Å². The fraction of sp³-hybridized carbons (Fsp3) is 0.241. The molecule has 5 heteroatoms. The van der Waals surface area contributed by atoms with Crippen molar-refractivity contribution in [3.05, 3.63) is 95.1 Å². The molecule has 4 aromatic carbocycles. The smallest absolute Gasteiger partial charge is 0.351 e. The zero-order chi connectivity index (χ0) is 23.4. The molecule has 0 atom stereocenters. The van der Waals surface area contributed by atoms with Crippen LogP contribution in [0, 0.1) is 0 Å². The van der Waals surface area contributed by atoms with Crippen molar-refractivity contribution < 1.29 is 23.8 Å². The number of ether oxygens (including phenoxy) is 3. The van der Waals surface area contributed by atoms with Crippen LogP contribution in [0.15, 0.2) is 72.8 Å². The van der Waals surface area contributed by atoms with Crippen molar-refractivity contribution in [2.45, 2.75) is 31.5 Å². The van der Waals surface area contributed by atoms with E-state index >= 15 is 0 Å². The summed E-state index contributed by atoms with van der Waals surface area (Å²) in [6, 6.07) is 24.5. The van der Waals surface area contributed by atoms with Gasteiger partial charge in [0.15, 0.2) is 0 Å². The Hall–Kier alpha value is -3.70. The summed E-state index contributed by atoms with van der Waals surface area (Å²) in [5.41, 5.74) is 1.84. The monoisotopic (exact) mass is 452 g/mol. The Morgan fingerprint density at radius 1 is 0.706 bits per heavy atom. The number of benzene rings is 4. The van der Waals surface area contributed by atoms with E-state index in [2.05, 4.69) is 36.4 Å². The van der Waals surface area contributed by atoms with Crippen molar-refractivity contribution in [2.24, 2.45) is 0 Å². The van der Waals surface area contributed by atoms with E-state index in [4.69, 9.17) is 14.2 Å². The topological polar surface area (TPSA) is 61.8 Å². The highest BCUT2D eigenvalue weighted by Gasteiger charge is 2.65. The lowest BCUT2D eigenvalue weighted by Crippen LogP contribution is -2.60. The van der Waals surface area contributed by atoms with Crippen molar-refractivity contribution in [3.63, 3.8) is 0 Å². The Kier molecular flexibility index (Phi) is 4.71. The van der Waals surface area contributed by atoms with Crippen LogP contribution in [0.1, 0.15) is 48.1 Å². The number of hydrogen-bond donors (Lipinski definition) is 0. The fourth-order valence-electron chi connectivity index (χ4n) is 5.55. The molecular formula is C29H24O5. The third-order valence-electron chi connectivity index (χ3n) is 6.96. The van der Waals surface area contributed by atoms with Gasteiger partial charge in [-0.15, -0.1) is 0 Å². The van der Waals surface area contributed by atoms with Crippen molar-refractivity contribution in [1.29, 1.82) is 0 Å². The van der Waals surface area contributed by atoms with Crippen LogP contribution in [0.25, 0.3) is 21.5 Å². The fourth-order valence-corrected chi connectivity index (χ4v) is 5.55. The maximum atomic E-state index is 13.5. The van der Waals surface area contributed by atoms with Gasteiger partial charge in [-0.2, -0.15) is 0 Å². The minimum Gasteiger partial charge on any atom is -0.463 e. The van der Waals surface area contributed by atoms with E-state index in [1.807, 2.05) is 36.4 Å². The van der Waals surface area contributed by atoms with E-state index in [0.717, 1.165) is 43.8 Å². The molecule has 5 nitrogen and oxygen atoms in total. The molecule has 2 bridgehead atoms. The first-order valence-corrected chi connectivity index (χ1v) is 11.7. The first-order chi connectivity index (χ1) is 16.6. The Morgan fingerprint density at radius 2 is 1.09 bits per heavy atom. The van der Waals surface area contributed by atoms with Crippen molar-refractivity contribution in [3.8, 4) is 0 Å². The lowest BCUT2D eigenvalue weighted by Gasteiger charge is -2.49. The Labute approximate surface area is 197 Å².